The first-order chi connectivity index (χ1) is 20.9. The zero-order chi connectivity index (χ0) is 31.3. The molecule has 1 spiro atoms. The topological polar surface area (TPSA) is 121 Å². The Morgan fingerprint density at radius 2 is 1.34 bits per heavy atom. The minimum Gasteiger partial charge on any atom is -0.458 e. The summed E-state index contributed by atoms with van der Waals surface area (Å²) in [6.45, 7) is 7.23. The third-order valence-electron chi connectivity index (χ3n) is 10.0. The molecule has 1 aromatic heterocycles. The molecule has 1 N–H and O–H groups in total. The molecule has 7 unspecified atom stereocenters. The summed E-state index contributed by atoms with van der Waals surface area (Å²) in [5, 5.41) is 12.3. The van der Waals surface area contributed by atoms with E-state index in [0.717, 1.165) is 0 Å². The molecule has 2 bridgehead atoms. The summed E-state index contributed by atoms with van der Waals surface area (Å²) in [5.41, 5.74) is -4.62. The average molecular weight is 600 g/mol. The van der Waals surface area contributed by atoms with Gasteiger partial charge in [-0.2, -0.15) is 0 Å². The van der Waals surface area contributed by atoms with Crippen molar-refractivity contribution in [2.24, 2.45) is 11.3 Å². The maximum atomic E-state index is 13.6. The number of esters is 3. The first kappa shape index (κ1) is 30.0. The van der Waals surface area contributed by atoms with Crippen LogP contribution >= 0.6 is 0 Å². The maximum absolute atomic E-state index is 13.6. The van der Waals surface area contributed by atoms with Crippen molar-refractivity contribution in [2.75, 3.05) is 0 Å². The molecule has 2 heterocycles. The zero-order valence-corrected chi connectivity index (χ0v) is 25.3. The number of aromatic nitrogens is 1. The van der Waals surface area contributed by atoms with E-state index in [1.807, 2.05) is 26.8 Å². The van der Waals surface area contributed by atoms with Gasteiger partial charge < -0.3 is 24.1 Å². The van der Waals surface area contributed by atoms with Crippen LogP contribution < -0.4 is 0 Å². The largest absolute Gasteiger partial charge is 0.458 e. The van der Waals surface area contributed by atoms with E-state index in [-0.39, 0.29) is 25.0 Å². The number of aliphatic hydroxyl groups is 1. The molecule has 9 heteroatoms. The average Bonchev–Trinajstić information content (AvgIpc) is 3.20. The van der Waals surface area contributed by atoms with Crippen LogP contribution in [0.1, 0.15) is 78.2 Å². The monoisotopic (exact) mass is 599 g/mol. The molecule has 230 valence electrons. The van der Waals surface area contributed by atoms with Crippen LogP contribution in [0.4, 0.5) is 0 Å². The number of benzene rings is 2. The molecule has 0 amide bonds. The number of carbonyl (C=O) groups excluding carboxylic acids is 3. The molecule has 2 saturated carbocycles. The SMILES string of the molecule is CC1(C)OC23C(OC(=O)c4ccccn4)C1CC(OC(=O)c1ccccc1)C2(C)C(OC(=O)c1ccccc1)CCC3(C)O. The summed E-state index contributed by atoms with van der Waals surface area (Å²) in [7, 11) is 0. The van der Waals surface area contributed by atoms with Crippen LogP contribution in [-0.4, -0.2) is 63.1 Å². The second-order valence-corrected chi connectivity index (χ2v) is 12.9. The molecule has 2 aliphatic carbocycles. The number of hydrogen-bond acceptors (Lipinski definition) is 9. The Labute approximate surface area is 256 Å². The molecule has 1 saturated heterocycles. The highest BCUT2D eigenvalue weighted by Gasteiger charge is 2.82. The van der Waals surface area contributed by atoms with Crippen molar-refractivity contribution in [3.8, 4) is 0 Å². The molecular formula is C35H37NO8. The van der Waals surface area contributed by atoms with Crippen molar-refractivity contribution in [3.63, 3.8) is 0 Å². The lowest BCUT2D eigenvalue weighted by atomic mass is 9.47. The van der Waals surface area contributed by atoms with E-state index < -0.39 is 64.4 Å². The standard InChI is InChI=1S/C35H37NO8/c1-32(2)24-21-27(42-30(38)23-15-9-6-10-16-23)34(4)26(41-29(37)22-13-7-5-8-14-22)18-19-33(3,40)35(34,44-32)28(24)43-31(39)25-17-11-12-20-36-25/h5-17,20,24,26-28,40H,18-19,21H2,1-4H3. The molecule has 3 aliphatic rings. The molecule has 44 heavy (non-hydrogen) atoms. The van der Waals surface area contributed by atoms with Gasteiger partial charge in [0.1, 0.15) is 29.6 Å². The van der Waals surface area contributed by atoms with Crippen molar-refractivity contribution in [3.05, 3.63) is 102 Å². The molecular weight excluding hydrogens is 562 g/mol. The molecule has 7 atom stereocenters. The number of pyridine rings is 1. The lowest BCUT2D eigenvalue weighted by molar-refractivity contribution is -0.324. The quantitative estimate of drug-likeness (QED) is 0.302. The minimum absolute atomic E-state index is 0.114. The highest BCUT2D eigenvalue weighted by molar-refractivity contribution is 5.90. The van der Waals surface area contributed by atoms with Crippen LogP contribution in [0, 0.1) is 11.3 Å². The Kier molecular flexibility index (Phi) is 7.37. The van der Waals surface area contributed by atoms with Gasteiger partial charge in [0.05, 0.1) is 27.7 Å². The van der Waals surface area contributed by atoms with E-state index in [0.29, 0.717) is 11.1 Å². The van der Waals surface area contributed by atoms with Crippen LogP contribution in [0.3, 0.4) is 0 Å². The highest BCUT2D eigenvalue weighted by Crippen LogP contribution is 2.68. The lowest BCUT2D eigenvalue weighted by Crippen LogP contribution is -2.79. The number of rotatable bonds is 6. The Bertz CT molecular complexity index is 1540. The van der Waals surface area contributed by atoms with E-state index in [1.165, 1.54) is 6.20 Å². The summed E-state index contributed by atoms with van der Waals surface area (Å²) in [6.07, 6.45) is -0.532. The Morgan fingerprint density at radius 3 is 1.91 bits per heavy atom. The van der Waals surface area contributed by atoms with Gasteiger partial charge in [-0.05, 0) is 83.4 Å². The van der Waals surface area contributed by atoms with Gasteiger partial charge >= 0.3 is 17.9 Å². The third-order valence-corrected chi connectivity index (χ3v) is 10.0. The zero-order valence-electron chi connectivity index (χ0n) is 25.3. The summed E-state index contributed by atoms with van der Waals surface area (Å²) in [4.78, 5) is 44.7. The Balaban J connectivity index is 1.47. The molecule has 6 rings (SSSR count). The van der Waals surface area contributed by atoms with Crippen molar-refractivity contribution in [2.45, 2.75) is 82.1 Å². The predicted molar refractivity (Wildman–Crippen MR) is 159 cm³/mol. The smallest absolute Gasteiger partial charge is 0.357 e. The molecule has 3 aromatic rings. The molecule has 9 nitrogen and oxygen atoms in total. The van der Waals surface area contributed by atoms with Crippen molar-refractivity contribution < 1.29 is 38.4 Å². The second kappa shape index (κ2) is 10.8. The fourth-order valence-electron chi connectivity index (χ4n) is 7.80. The van der Waals surface area contributed by atoms with Crippen molar-refractivity contribution >= 4 is 17.9 Å². The van der Waals surface area contributed by atoms with E-state index in [1.54, 1.807) is 79.7 Å². The maximum Gasteiger partial charge on any atom is 0.357 e. The second-order valence-electron chi connectivity index (χ2n) is 12.9. The summed E-state index contributed by atoms with van der Waals surface area (Å²) in [5.74, 6) is -2.25. The van der Waals surface area contributed by atoms with Crippen molar-refractivity contribution in [1.82, 2.24) is 4.98 Å². The Hall–Kier alpha value is -4.08. The van der Waals surface area contributed by atoms with Crippen LogP contribution in [0.15, 0.2) is 85.1 Å². The van der Waals surface area contributed by atoms with Crippen molar-refractivity contribution in [1.29, 1.82) is 0 Å². The number of ether oxygens (including phenoxy) is 4. The molecule has 2 aromatic carbocycles. The summed E-state index contributed by atoms with van der Waals surface area (Å²) >= 11 is 0. The van der Waals surface area contributed by atoms with Gasteiger partial charge in [0.15, 0.2) is 0 Å². The van der Waals surface area contributed by atoms with Crippen LogP contribution in [0.25, 0.3) is 0 Å². The minimum atomic E-state index is -1.63. The lowest BCUT2D eigenvalue weighted by Gasteiger charge is -2.64. The molecule has 1 aliphatic heterocycles. The van der Waals surface area contributed by atoms with Crippen LogP contribution in [-0.2, 0) is 18.9 Å². The van der Waals surface area contributed by atoms with Gasteiger partial charge in [0.25, 0.3) is 0 Å². The van der Waals surface area contributed by atoms with Crippen LogP contribution in [0.5, 0.6) is 0 Å². The number of nitrogens with zero attached hydrogens (tertiary/aromatic N) is 1. The summed E-state index contributed by atoms with van der Waals surface area (Å²) in [6, 6.07) is 22.2. The first-order valence-corrected chi connectivity index (χ1v) is 15.0. The van der Waals surface area contributed by atoms with Gasteiger partial charge in [-0.1, -0.05) is 42.5 Å². The number of fused-ring (bicyclic) bond motifs is 1. The first-order valence-electron chi connectivity index (χ1n) is 15.0. The fourth-order valence-corrected chi connectivity index (χ4v) is 7.80. The van der Waals surface area contributed by atoms with Gasteiger partial charge in [-0.3, -0.25) is 0 Å². The number of carbonyl (C=O) groups is 3. The van der Waals surface area contributed by atoms with Gasteiger partial charge in [-0.15, -0.1) is 0 Å². The highest BCUT2D eigenvalue weighted by atomic mass is 16.6. The molecule has 0 radical (unpaired) electrons. The number of hydrogen-bond donors (Lipinski definition) is 1. The normalized spacial score (nSPS) is 33.5. The van der Waals surface area contributed by atoms with E-state index in [4.69, 9.17) is 18.9 Å². The van der Waals surface area contributed by atoms with E-state index in [2.05, 4.69) is 4.98 Å². The van der Waals surface area contributed by atoms with Gasteiger partial charge in [0, 0.05) is 12.1 Å². The van der Waals surface area contributed by atoms with E-state index >= 15 is 0 Å². The van der Waals surface area contributed by atoms with E-state index in [9.17, 15) is 19.5 Å². The predicted octanol–water partition coefficient (Wildman–Crippen LogP) is 5.18. The summed E-state index contributed by atoms with van der Waals surface area (Å²) < 4.78 is 25.7. The fraction of sp³-hybridized carbons (Fsp3) is 0.429. The van der Waals surface area contributed by atoms with Crippen LogP contribution in [0.2, 0.25) is 0 Å². The molecule has 3 fully saturated rings. The third kappa shape index (κ3) is 4.61. The van der Waals surface area contributed by atoms with Gasteiger partial charge in [0.2, 0.25) is 0 Å². The Morgan fingerprint density at radius 1 is 0.773 bits per heavy atom. The van der Waals surface area contributed by atoms with Gasteiger partial charge in [-0.25, -0.2) is 19.4 Å².